The van der Waals surface area contributed by atoms with Crippen molar-refractivity contribution in [1.29, 1.82) is 0 Å². The van der Waals surface area contributed by atoms with Crippen LogP contribution in [0.4, 0.5) is 0 Å². The second-order valence-corrected chi connectivity index (χ2v) is 4.54. The smallest absolute Gasteiger partial charge is 0.116 e. The molecule has 0 radical (unpaired) electrons. The van der Waals surface area contributed by atoms with Gasteiger partial charge >= 0.3 is 0 Å². The highest BCUT2D eigenvalue weighted by Crippen LogP contribution is 2.23. The summed E-state index contributed by atoms with van der Waals surface area (Å²) < 4.78 is 1.59. The van der Waals surface area contributed by atoms with E-state index in [1.165, 1.54) is 0 Å². The van der Waals surface area contributed by atoms with Gasteiger partial charge in [0.05, 0.1) is 5.52 Å². The van der Waals surface area contributed by atoms with Gasteiger partial charge in [-0.15, -0.1) is 5.10 Å². The third-order valence-corrected chi connectivity index (χ3v) is 3.11. The van der Waals surface area contributed by atoms with Crippen LogP contribution in [-0.4, -0.2) is 38.4 Å². The summed E-state index contributed by atoms with van der Waals surface area (Å²) in [5.74, 6) is 0. The van der Waals surface area contributed by atoms with E-state index in [0.717, 1.165) is 16.6 Å². The van der Waals surface area contributed by atoms with Gasteiger partial charge in [0.25, 0.3) is 0 Å². The molecular formula is C12H18N4O2. The van der Waals surface area contributed by atoms with Crippen LogP contribution >= 0.6 is 0 Å². The van der Waals surface area contributed by atoms with E-state index in [-0.39, 0.29) is 13.2 Å². The minimum atomic E-state index is -0.909. The molecule has 4 N–H and O–H groups in total. The maximum absolute atomic E-state index is 9.12. The molecule has 98 valence electrons. The van der Waals surface area contributed by atoms with Crippen molar-refractivity contribution in [2.45, 2.75) is 25.4 Å². The number of aliphatic hydroxyl groups excluding tert-OH is 2. The van der Waals surface area contributed by atoms with Crippen LogP contribution in [0.25, 0.3) is 11.0 Å². The molecule has 2 rings (SSSR count). The molecule has 0 aliphatic rings. The molecule has 18 heavy (non-hydrogen) atoms. The number of aromatic nitrogens is 3. The Bertz CT molecular complexity index is 532. The molecule has 1 heterocycles. The number of hydrogen-bond donors (Lipinski definition) is 3. The van der Waals surface area contributed by atoms with Crippen LogP contribution in [0.2, 0.25) is 0 Å². The van der Waals surface area contributed by atoms with Gasteiger partial charge in [0.1, 0.15) is 11.2 Å². The van der Waals surface area contributed by atoms with Crippen LogP contribution in [0.1, 0.15) is 18.4 Å². The number of benzene rings is 1. The predicted octanol–water partition coefficient (Wildman–Crippen LogP) is 0.116. The third kappa shape index (κ3) is 2.22. The Labute approximate surface area is 105 Å². The Morgan fingerprint density at radius 2 is 1.94 bits per heavy atom. The lowest BCUT2D eigenvalue weighted by Crippen LogP contribution is -2.45. The van der Waals surface area contributed by atoms with E-state index in [1.807, 2.05) is 25.1 Å². The van der Waals surface area contributed by atoms with Crippen molar-refractivity contribution in [3.8, 4) is 0 Å². The highest BCUT2D eigenvalue weighted by molar-refractivity contribution is 5.75. The molecule has 2 aromatic rings. The van der Waals surface area contributed by atoms with Crippen LogP contribution in [0.15, 0.2) is 18.2 Å². The molecular weight excluding hydrogens is 232 g/mol. The number of aryl methyl sites for hydroxylation is 1. The summed E-state index contributed by atoms with van der Waals surface area (Å²) in [6, 6.07) is 5.79. The van der Waals surface area contributed by atoms with Gasteiger partial charge in [-0.3, -0.25) is 0 Å². The third-order valence-electron chi connectivity index (χ3n) is 3.11. The minimum absolute atomic E-state index is 0.0658. The largest absolute Gasteiger partial charge is 0.396 e. The fourth-order valence-electron chi connectivity index (χ4n) is 2.09. The molecule has 0 aliphatic heterocycles. The number of hydrogen-bond acceptors (Lipinski definition) is 5. The van der Waals surface area contributed by atoms with Crippen LogP contribution in [0, 0.1) is 6.92 Å². The van der Waals surface area contributed by atoms with Crippen molar-refractivity contribution in [2.75, 3.05) is 13.2 Å². The standard InChI is InChI=1S/C12H18N4O2/c1-9-2-3-11-10(8-9)14-15-16(11)12(13,4-6-17)5-7-18/h2-3,8,17-18H,4-7,13H2,1H3. The van der Waals surface area contributed by atoms with Gasteiger partial charge in [0.2, 0.25) is 0 Å². The van der Waals surface area contributed by atoms with Gasteiger partial charge in [-0.25, -0.2) is 4.68 Å². The van der Waals surface area contributed by atoms with Gasteiger partial charge in [0.15, 0.2) is 0 Å². The first-order valence-corrected chi connectivity index (χ1v) is 5.94. The number of rotatable bonds is 5. The lowest BCUT2D eigenvalue weighted by atomic mass is 10.0. The summed E-state index contributed by atoms with van der Waals surface area (Å²) in [4.78, 5) is 0. The zero-order valence-corrected chi connectivity index (χ0v) is 10.4. The topological polar surface area (TPSA) is 97.2 Å². The van der Waals surface area contributed by atoms with E-state index >= 15 is 0 Å². The van der Waals surface area contributed by atoms with E-state index in [2.05, 4.69) is 10.3 Å². The number of aliphatic hydroxyl groups is 2. The van der Waals surface area contributed by atoms with Gasteiger partial charge in [-0.05, 0) is 24.6 Å². The lowest BCUT2D eigenvalue weighted by molar-refractivity contribution is 0.134. The molecule has 0 atom stereocenters. The van der Waals surface area contributed by atoms with Gasteiger partial charge in [-0.2, -0.15) is 0 Å². The molecule has 0 amide bonds. The fraction of sp³-hybridized carbons (Fsp3) is 0.500. The van der Waals surface area contributed by atoms with E-state index in [9.17, 15) is 0 Å². The number of nitrogens with zero attached hydrogens (tertiary/aromatic N) is 3. The molecule has 0 aliphatic carbocycles. The summed E-state index contributed by atoms with van der Waals surface area (Å²) in [6.45, 7) is 1.85. The summed E-state index contributed by atoms with van der Waals surface area (Å²) in [7, 11) is 0. The van der Waals surface area contributed by atoms with Crippen LogP contribution in [-0.2, 0) is 5.66 Å². The van der Waals surface area contributed by atoms with Crippen molar-refractivity contribution in [1.82, 2.24) is 15.0 Å². The fourth-order valence-corrected chi connectivity index (χ4v) is 2.09. The molecule has 0 spiro atoms. The number of nitrogens with two attached hydrogens (primary N) is 1. The summed E-state index contributed by atoms with van der Waals surface area (Å²) in [6.07, 6.45) is 0.639. The zero-order chi connectivity index (χ0) is 13.2. The first-order chi connectivity index (χ1) is 8.60. The molecule has 6 nitrogen and oxygen atoms in total. The second-order valence-electron chi connectivity index (χ2n) is 4.54. The zero-order valence-electron chi connectivity index (χ0n) is 10.4. The van der Waals surface area contributed by atoms with Crippen molar-refractivity contribution >= 4 is 11.0 Å². The normalized spacial score (nSPS) is 12.2. The Kier molecular flexibility index (Phi) is 3.60. The average molecular weight is 250 g/mol. The Morgan fingerprint density at radius 3 is 2.56 bits per heavy atom. The van der Waals surface area contributed by atoms with Crippen molar-refractivity contribution in [3.05, 3.63) is 23.8 Å². The first-order valence-electron chi connectivity index (χ1n) is 5.94. The monoisotopic (exact) mass is 250 g/mol. The van der Waals surface area contributed by atoms with Crippen LogP contribution in [0.5, 0.6) is 0 Å². The summed E-state index contributed by atoms with van der Waals surface area (Å²) in [5, 5.41) is 26.4. The summed E-state index contributed by atoms with van der Waals surface area (Å²) >= 11 is 0. The molecule has 6 heteroatoms. The highest BCUT2D eigenvalue weighted by Gasteiger charge is 2.29. The Hall–Kier alpha value is -1.50. The van der Waals surface area contributed by atoms with Crippen LogP contribution in [0.3, 0.4) is 0 Å². The average Bonchev–Trinajstić information content (AvgIpc) is 2.73. The highest BCUT2D eigenvalue weighted by atomic mass is 16.3. The second kappa shape index (κ2) is 5.01. The van der Waals surface area contributed by atoms with Gasteiger partial charge in [-0.1, -0.05) is 11.3 Å². The lowest BCUT2D eigenvalue weighted by Gasteiger charge is -2.28. The van der Waals surface area contributed by atoms with Gasteiger partial charge in [0, 0.05) is 26.1 Å². The molecule has 0 bridgehead atoms. The van der Waals surface area contributed by atoms with Crippen molar-refractivity contribution < 1.29 is 10.2 Å². The summed E-state index contributed by atoms with van der Waals surface area (Å²) in [5.41, 5.74) is 7.99. The predicted molar refractivity (Wildman–Crippen MR) is 67.8 cm³/mol. The molecule has 1 aromatic heterocycles. The SMILES string of the molecule is Cc1ccc2c(c1)nnn2C(N)(CCO)CCO. The quantitative estimate of drug-likeness (QED) is 0.700. The first kappa shape index (κ1) is 12.9. The van der Waals surface area contributed by atoms with E-state index in [4.69, 9.17) is 15.9 Å². The number of fused-ring (bicyclic) bond motifs is 1. The van der Waals surface area contributed by atoms with E-state index < -0.39 is 5.66 Å². The minimum Gasteiger partial charge on any atom is -0.396 e. The molecule has 0 saturated heterocycles. The van der Waals surface area contributed by atoms with Crippen molar-refractivity contribution in [2.24, 2.45) is 5.73 Å². The maximum atomic E-state index is 9.12. The van der Waals surface area contributed by atoms with E-state index in [0.29, 0.717) is 12.8 Å². The molecule has 0 saturated carbocycles. The maximum Gasteiger partial charge on any atom is 0.116 e. The molecule has 0 fully saturated rings. The molecule has 0 unspecified atom stereocenters. The van der Waals surface area contributed by atoms with E-state index in [1.54, 1.807) is 4.68 Å². The molecule has 1 aromatic carbocycles. The van der Waals surface area contributed by atoms with Crippen LogP contribution < -0.4 is 5.73 Å². The van der Waals surface area contributed by atoms with Gasteiger partial charge < -0.3 is 15.9 Å². The Morgan fingerprint density at radius 1 is 1.28 bits per heavy atom. The Balaban J connectivity index is 2.50. The van der Waals surface area contributed by atoms with Crippen molar-refractivity contribution in [3.63, 3.8) is 0 Å².